The molecule has 1 aliphatic carbocycles. The van der Waals surface area contributed by atoms with Crippen molar-refractivity contribution in [3.8, 4) is 0 Å². The molecule has 1 N–H and O–H groups in total. The van der Waals surface area contributed by atoms with Gasteiger partial charge in [-0.3, -0.25) is 4.79 Å². The van der Waals surface area contributed by atoms with Crippen LogP contribution in [-0.4, -0.2) is 11.1 Å². The Hall–Kier alpha value is -0.530. The summed E-state index contributed by atoms with van der Waals surface area (Å²) in [4.78, 5) is 11.0. The highest BCUT2D eigenvalue weighted by Gasteiger charge is 2.43. The maximum atomic E-state index is 11.0. The fourth-order valence-corrected chi connectivity index (χ4v) is 2.25. The molecule has 70 valence electrons. The average Bonchev–Trinajstić information content (AvgIpc) is 2.48. The maximum Gasteiger partial charge on any atom is 0.309 e. The van der Waals surface area contributed by atoms with Crippen LogP contribution < -0.4 is 0 Å². The molecule has 0 heterocycles. The van der Waals surface area contributed by atoms with Gasteiger partial charge in [-0.05, 0) is 31.6 Å². The summed E-state index contributed by atoms with van der Waals surface area (Å²) in [5.41, 5.74) is -0.374. The molecule has 2 heteroatoms. The summed E-state index contributed by atoms with van der Waals surface area (Å²) < 4.78 is 0. The summed E-state index contributed by atoms with van der Waals surface area (Å²) in [6, 6.07) is 0. The normalized spacial score (nSPS) is 35.3. The van der Waals surface area contributed by atoms with Crippen LogP contribution in [0, 0.1) is 11.3 Å². The van der Waals surface area contributed by atoms with E-state index < -0.39 is 5.97 Å². The van der Waals surface area contributed by atoms with E-state index in [0.29, 0.717) is 5.92 Å². The Morgan fingerprint density at radius 1 is 1.58 bits per heavy atom. The Labute approximate surface area is 74.0 Å². The first-order chi connectivity index (χ1) is 5.64. The number of hydrogen-bond acceptors (Lipinski definition) is 1. The van der Waals surface area contributed by atoms with Gasteiger partial charge in [0.05, 0.1) is 5.41 Å². The molecule has 1 saturated carbocycles. The van der Waals surface area contributed by atoms with E-state index in [1.165, 1.54) is 0 Å². The highest BCUT2D eigenvalue weighted by atomic mass is 16.4. The molecular weight excluding hydrogens is 152 g/mol. The van der Waals surface area contributed by atoms with Crippen molar-refractivity contribution in [1.82, 2.24) is 0 Å². The van der Waals surface area contributed by atoms with Gasteiger partial charge in [-0.15, -0.1) is 0 Å². The third-order valence-corrected chi connectivity index (χ3v) is 3.42. The van der Waals surface area contributed by atoms with E-state index in [4.69, 9.17) is 5.11 Å². The Morgan fingerprint density at radius 2 is 2.25 bits per heavy atom. The van der Waals surface area contributed by atoms with Gasteiger partial charge < -0.3 is 5.11 Å². The van der Waals surface area contributed by atoms with E-state index in [-0.39, 0.29) is 5.41 Å². The third-order valence-electron chi connectivity index (χ3n) is 3.42. The molecule has 0 radical (unpaired) electrons. The monoisotopic (exact) mass is 170 g/mol. The molecule has 1 fully saturated rings. The summed E-state index contributed by atoms with van der Waals surface area (Å²) in [6.07, 6.45) is 4.82. The quantitative estimate of drug-likeness (QED) is 0.707. The molecule has 0 saturated heterocycles. The molecule has 1 aliphatic rings. The van der Waals surface area contributed by atoms with Gasteiger partial charge in [0.2, 0.25) is 0 Å². The first kappa shape index (κ1) is 9.56. The average molecular weight is 170 g/mol. The number of carboxylic acids is 1. The van der Waals surface area contributed by atoms with Crippen molar-refractivity contribution in [2.75, 3.05) is 0 Å². The van der Waals surface area contributed by atoms with Crippen molar-refractivity contribution in [3.05, 3.63) is 0 Å². The van der Waals surface area contributed by atoms with E-state index in [9.17, 15) is 4.79 Å². The molecule has 0 aromatic carbocycles. The van der Waals surface area contributed by atoms with Gasteiger partial charge in [-0.25, -0.2) is 0 Å². The van der Waals surface area contributed by atoms with Gasteiger partial charge >= 0.3 is 5.97 Å². The highest BCUT2D eigenvalue weighted by molar-refractivity contribution is 5.74. The minimum absolute atomic E-state index is 0.374. The summed E-state index contributed by atoms with van der Waals surface area (Å²) in [6.45, 7) is 4.14. The Morgan fingerprint density at radius 3 is 2.50 bits per heavy atom. The predicted molar refractivity (Wildman–Crippen MR) is 48.0 cm³/mol. The van der Waals surface area contributed by atoms with Crippen LogP contribution in [0.1, 0.15) is 46.0 Å². The summed E-state index contributed by atoms with van der Waals surface area (Å²) >= 11 is 0. The SMILES string of the molecule is CCC1CCC(CC)(C(=O)O)C1. The standard InChI is InChI=1S/C10H18O2/c1-3-8-5-6-10(4-2,7-8)9(11)12/h8H,3-7H2,1-2H3,(H,11,12). The van der Waals surface area contributed by atoms with Gasteiger partial charge in [0.15, 0.2) is 0 Å². The van der Waals surface area contributed by atoms with Crippen LogP contribution >= 0.6 is 0 Å². The zero-order valence-electron chi connectivity index (χ0n) is 7.97. The minimum atomic E-state index is -0.582. The van der Waals surface area contributed by atoms with Gasteiger partial charge in [0.25, 0.3) is 0 Å². The van der Waals surface area contributed by atoms with Crippen LogP contribution in [0.5, 0.6) is 0 Å². The maximum absolute atomic E-state index is 11.0. The number of rotatable bonds is 3. The van der Waals surface area contributed by atoms with Crippen LogP contribution in [0.15, 0.2) is 0 Å². The largest absolute Gasteiger partial charge is 0.481 e. The Kier molecular flexibility index (Phi) is 2.76. The molecule has 0 aromatic heterocycles. The molecule has 0 aliphatic heterocycles. The summed E-state index contributed by atoms with van der Waals surface area (Å²) in [5.74, 6) is 0.0713. The lowest BCUT2D eigenvalue weighted by Crippen LogP contribution is -2.27. The van der Waals surface area contributed by atoms with Crippen LogP contribution in [-0.2, 0) is 4.79 Å². The predicted octanol–water partition coefficient (Wildman–Crippen LogP) is 2.68. The lowest BCUT2D eigenvalue weighted by Gasteiger charge is -2.21. The molecule has 0 aromatic rings. The zero-order chi connectivity index (χ0) is 9.19. The molecule has 1 rings (SSSR count). The molecule has 0 spiro atoms. The molecule has 2 unspecified atom stereocenters. The Bertz CT molecular complexity index is 177. The van der Waals surface area contributed by atoms with E-state index in [1.54, 1.807) is 0 Å². The molecule has 2 nitrogen and oxygen atoms in total. The number of aliphatic carboxylic acids is 1. The van der Waals surface area contributed by atoms with Gasteiger partial charge in [-0.1, -0.05) is 20.3 Å². The van der Waals surface area contributed by atoms with Crippen molar-refractivity contribution in [2.45, 2.75) is 46.0 Å². The summed E-state index contributed by atoms with van der Waals surface area (Å²) in [5, 5.41) is 9.08. The first-order valence-corrected chi connectivity index (χ1v) is 4.88. The van der Waals surface area contributed by atoms with Crippen LogP contribution in [0.25, 0.3) is 0 Å². The second-order valence-electron chi connectivity index (χ2n) is 3.96. The van der Waals surface area contributed by atoms with Crippen LogP contribution in [0.3, 0.4) is 0 Å². The van der Waals surface area contributed by atoms with Crippen LogP contribution in [0.4, 0.5) is 0 Å². The second-order valence-corrected chi connectivity index (χ2v) is 3.96. The van der Waals surface area contributed by atoms with Crippen molar-refractivity contribution >= 4 is 5.97 Å². The molecule has 2 atom stereocenters. The zero-order valence-corrected chi connectivity index (χ0v) is 7.97. The first-order valence-electron chi connectivity index (χ1n) is 4.88. The van der Waals surface area contributed by atoms with Crippen molar-refractivity contribution in [2.24, 2.45) is 11.3 Å². The number of carboxylic acid groups (broad SMARTS) is 1. The van der Waals surface area contributed by atoms with Gasteiger partial charge in [0.1, 0.15) is 0 Å². The highest BCUT2D eigenvalue weighted by Crippen LogP contribution is 2.45. The molecule has 12 heavy (non-hydrogen) atoms. The van der Waals surface area contributed by atoms with E-state index >= 15 is 0 Å². The van der Waals surface area contributed by atoms with E-state index in [1.807, 2.05) is 6.92 Å². The minimum Gasteiger partial charge on any atom is -0.481 e. The molecule has 0 bridgehead atoms. The number of carbonyl (C=O) groups is 1. The topological polar surface area (TPSA) is 37.3 Å². The van der Waals surface area contributed by atoms with Crippen molar-refractivity contribution < 1.29 is 9.90 Å². The van der Waals surface area contributed by atoms with E-state index in [2.05, 4.69) is 6.92 Å². The van der Waals surface area contributed by atoms with E-state index in [0.717, 1.165) is 32.1 Å². The summed E-state index contributed by atoms with van der Waals surface area (Å²) in [7, 11) is 0. The fraction of sp³-hybridized carbons (Fsp3) is 0.900. The van der Waals surface area contributed by atoms with Crippen molar-refractivity contribution in [3.63, 3.8) is 0 Å². The van der Waals surface area contributed by atoms with Crippen molar-refractivity contribution in [1.29, 1.82) is 0 Å². The lowest BCUT2D eigenvalue weighted by atomic mass is 9.82. The smallest absolute Gasteiger partial charge is 0.309 e. The Balaban J connectivity index is 2.66. The second kappa shape index (κ2) is 3.46. The number of hydrogen-bond donors (Lipinski definition) is 1. The third kappa shape index (κ3) is 1.47. The van der Waals surface area contributed by atoms with Gasteiger partial charge in [0, 0.05) is 0 Å². The van der Waals surface area contributed by atoms with Gasteiger partial charge in [-0.2, -0.15) is 0 Å². The fourth-order valence-electron chi connectivity index (χ4n) is 2.25. The molecule has 0 amide bonds. The van der Waals surface area contributed by atoms with Crippen LogP contribution in [0.2, 0.25) is 0 Å². The molecular formula is C10H18O2. The lowest BCUT2D eigenvalue weighted by molar-refractivity contribution is -0.149.